The van der Waals surface area contributed by atoms with Crippen LogP contribution < -0.4 is 11.1 Å². The first-order chi connectivity index (χ1) is 8.15. The van der Waals surface area contributed by atoms with E-state index in [1.54, 1.807) is 0 Å². The van der Waals surface area contributed by atoms with Crippen LogP contribution in [-0.4, -0.2) is 41.0 Å². The van der Waals surface area contributed by atoms with Crippen molar-refractivity contribution in [2.24, 2.45) is 5.73 Å². The Morgan fingerprint density at radius 3 is 2.44 bits per heavy atom. The Kier molecular flexibility index (Phi) is 4.78. The van der Waals surface area contributed by atoms with E-state index in [1.165, 1.54) is 12.8 Å². The Hall–Kier alpha value is -0.610. The molecule has 0 aromatic carbocycles. The number of nitrogens with one attached hydrogen (secondary N) is 1. The van der Waals surface area contributed by atoms with Gasteiger partial charge in [-0.2, -0.15) is 0 Å². The molecule has 1 heterocycles. The molecule has 1 fully saturated rings. The molecule has 0 bridgehead atoms. The second-order valence-corrected chi connectivity index (χ2v) is 7.00. The molecular weight excluding hydrogens is 226 g/mol. The maximum absolute atomic E-state index is 12.0. The lowest BCUT2D eigenvalue weighted by Gasteiger charge is -2.38. The SMILES string of the molecule is CC(C)(C)NC(=O)CC(CN)N1CCCC1(C)C. The van der Waals surface area contributed by atoms with Gasteiger partial charge in [0.15, 0.2) is 0 Å². The van der Waals surface area contributed by atoms with Gasteiger partial charge in [0.25, 0.3) is 0 Å². The lowest BCUT2D eigenvalue weighted by Crippen LogP contribution is -2.51. The van der Waals surface area contributed by atoms with Gasteiger partial charge in [-0.1, -0.05) is 0 Å². The molecule has 3 N–H and O–H groups in total. The molecule has 4 heteroatoms. The summed E-state index contributed by atoms with van der Waals surface area (Å²) in [7, 11) is 0. The highest BCUT2D eigenvalue weighted by molar-refractivity contribution is 5.77. The van der Waals surface area contributed by atoms with Gasteiger partial charge in [0.1, 0.15) is 0 Å². The van der Waals surface area contributed by atoms with Gasteiger partial charge < -0.3 is 11.1 Å². The summed E-state index contributed by atoms with van der Waals surface area (Å²) in [6.07, 6.45) is 2.88. The summed E-state index contributed by atoms with van der Waals surface area (Å²) < 4.78 is 0. The van der Waals surface area contributed by atoms with Crippen LogP contribution in [0.15, 0.2) is 0 Å². The fourth-order valence-electron chi connectivity index (χ4n) is 2.81. The molecule has 18 heavy (non-hydrogen) atoms. The van der Waals surface area contributed by atoms with Gasteiger partial charge in [-0.25, -0.2) is 0 Å². The van der Waals surface area contributed by atoms with E-state index in [4.69, 9.17) is 5.73 Å². The van der Waals surface area contributed by atoms with Crippen LogP contribution in [0.3, 0.4) is 0 Å². The number of rotatable bonds is 4. The number of amides is 1. The summed E-state index contributed by atoms with van der Waals surface area (Å²) in [5.41, 5.74) is 5.87. The molecule has 0 aromatic heterocycles. The summed E-state index contributed by atoms with van der Waals surface area (Å²) in [6, 6.07) is 0.157. The van der Waals surface area contributed by atoms with Crippen molar-refractivity contribution < 1.29 is 4.79 Å². The molecule has 1 aliphatic heterocycles. The molecule has 4 nitrogen and oxygen atoms in total. The Balaban J connectivity index is 2.60. The van der Waals surface area contributed by atoms with Gasteiger partial charge in [-0.05, 0) is 54.0 Å². The fourth-order valence-corrected chi connectivity index (χ4v) is 2.81. The van der Waals surface area contributed by atoms with Crippen LogP contribution in [0.5, 0.6) is 0 Å². The van der Waals surface area contributed by atoms with Crippen LogP contribution in [0.2, 0.25) is 0 Å². The second-order valence-electron chi connectivity index (χ2n) is 7.00. The molecule has 0 radical (unpaired) electrons. The van der Waals surface area contributed by atoms with Crippen LogP contribution in [0.25, 0.3) is 0 Å². The predicted octanol–water partition coefficient (Wildman–Crippen LogP) is 1.49. The molecule has 0 aliphatic carbocycles. The molecule has 106 valence electrons. The minimum Gasteiger partial charge on any atom is -0.351 e. The number of carbonyl (C=O) groups excluding carboxylic acids is 1. The van der Waals surface area contributed by atoms with E-state index in [9.17, 15) is 4.79 Å². The van der Waals surface area contributed by atoms with Crippen LogP contribution >= 0.6 is 0 Å². The molecule has 1 amide bonds. The Morgan fingerprint density at radius 2 is 2.06 bits per heavy atom. The van der Waals surface area contributed by atoms with Crippen LogP contribution in [0, 0.1) is 0 Å². The first kappa shape index (κ1) is 15.4. The lowest BCUT2D eigenvalue weighted by atomic mass is 9.99. The zero-order chi connectivity index (χ0) is 14.0. The largest absolute Gasteiger partial charge is 0.351 e. The fraction of sp³-hybridized carbons (Fsp3) is 0.929. The minimum atomic E-state index is -0.170. The summed E-state index contributed by atoms with van der Waals surface area (Å²) in [5.74, 6) is 0.0978. The molecule has 1 saturated heterocycles. The zero-order valence-corrected chi connectivity index (χ0v) is 12.5. The van der Waals surface area contributed by atoms with Crippen molar-refractivity contribution in [2.75, 3.05) is 13.1 Å². The van der Waals surface area contributed by atoms with Gasteiger partial charge in [0, 0.05) is 30.1 Å². The lowest BCUT2D eigenvalue weighted by molar-refractivity contribution is -0.124. The quantitative estimate of drug-likeness (QED) is 0.800. The van der Waals surface area contributed by atoms with E-state index < -0.39 is 0 Å². The Morgan fingerprint density at radius 1 is 1.44 bits per heavy atom. The first-order valence-electron chi connectivity index (χ1n) is 6.93. The molecule has 1 aliphatic rings. The van der Waals surface area contributed by atoms with Crippen molar-refractivity contribution in [3.63, 3.8) is 0 Å². The van der Waals surface area contributed by atoms with Gasteiger partial charge in [-0.3, -0.25) is 9.69 Å². The second kappa shape index (κ2) is 5.57. The maximum atomic E-state index is 12.0. The average molecular weight is 255 g/mol. The van der Waals surface area contributed by atoms with E-state index in [-0.39, 0.29) is 23.0 Å². The topological polar surface area (TPSA) is 58.4 Å². The highest BCUT2D eigenvalue weighted by Gasteiger charge is 2.37. The van der Waals surface area contributed by atoms with Gasteiger partial charge in [0.2, 0.25) is 5.91 Å². The Bertz CT molecular complexity index is 294. The number of nitrogens with two attached hydrogens (primary N) is 1. The molecule has 0 aromatic rings. The molecule has 1 rings (SSSR count). The summed E-state index contributed by atoms with van der Waals surface area (Å²) in [6.45, 7) is 12.1. The van der Waals surface area contributed by atoms with Crippen molar-refractivity contribution >= 4 is 5.91 Å². The van der Waals surface area contributed by atoms with Crippen LogP contribution in [0.4, 0.5) is 0 Å². The molecule has 0 spiro atoms. The summed E-state index contributed by atoms with van der Waals surface area (Å²) >= 11 is 0. The van der Waals surface area contributed by atoms with Crippen molar-refractivity contribution in [3.05, 3.63) is 0 Å². The number of hydrogen-bond donors (Lipinski definition) is 2. The zero-order valence-electron chi connectivity index (χ0n) is 12.5. The van der Waals surface area contributed by atoms with Crippen molar-refractivity contribution in [3.8, 4) is 0 Å². The van der Waals surface area contributed by atoms with Gasteiger partial charge >= 0.3 is 0 Å². The number of carbonyl (C=O) groups is 1. The maximum Gasteiger partial charge on any atom is 0.222 e. The third-order valence-electron chi connectivity index (χ3n) is 3.61. The van der Waals surface area contributed by atoms with E-state index >= 15 is 0 Å². The van der Waals surface area contributed by atoms with Gasteiger partial charge in [0.05, 0.1) is 0 Å². The minimum absolute atomic E-state index is 0.0978. The van der Waals surface area contributed by atoms with Crippen molar-refractivity contribution in [1.82, 2.24) is 10.2 Å². The van der Waals surface area contributed by atoms with Crippen molar-refractivity contribution in [2.45, 2.75) is 71.0 Å². The third kappa shape index (κ3) is 4.25. The van der Waals surface area contributed by atoms with E-state index in [1.807, 2.05) is 20.8 Å². The monoisotopic (exact) mass is 255 g/mol. The van der Waals surface area contributed by atoms with Crippen LogP contribution in [-0.2, 0) is 4.79 Å². The number of nitrogens with zero attached hydrogens (tertiary/aromatic N) is 1. The molecule has 0 saturated carbocycles. The number of hydrogen-bond acceptors (Lipinski definition) is 3. The number of likely N-dealkylation sites (tertiary alicyclic amines) is 1. The predicted molar refractivity (Wildman–Crippen MR) is 75.4 cm³/mol. The van der Waals surface area contributed by atoms with Crippen molar-refractivity contribution in [1.29, 1.82) is 0 Å². The highest BCUT2D eigenvalue weighted by atomic mass is 16.1. The molecular formula is C14H29N3O. The summed E-state index contributed by atoms with van der Waals surface area (Å²) in [4.78, 5) is 14.4. The Labute approximate surface area is 111 Å². The van der Waals surface area contributed by atoms with Gasteiger partial charge in [-0.15, -0.1) is 0 Å². The smallest absolute Gasteiger partial charge is 0.222 e. The standard InChI is InChI=1S/C14H29N3O/c1-13(2,3)16-12(18)9-11(10-15)17-8-6-7-14(17,4)5/h11H,6-10,15H2,1-5H3,(H,16,18). The van der Waals surface area contributed by atoms with Crippen LogP contribution in [0.1, 0.15) is 53.9 Å². The molecule has 1 atom stereocenters. The van der Waals surface area contributed by atoms with E-state index in [2.05, 4.69) is 24.1 Å². The third-order valence-corrected chi connectivity index (χ3v) is 3.61. The summed E-state index contributed by atoms with van der Waals surface area (Å²) in [5, 5.41) is 3.01. The average Bonchev–Trinajstić information content (AvgIpc) is 2.52. The normalized spacial score (nSPS) is 21.9. The first-order valence-corrected chi connectivity index (χ1v) is 6.93. The highest BCUT2D eigenvalue weighted by Crippen LogP contribution is 2.30. The molecule has 1 unspecified atom stereocenters. The van der Waals surface area contributed by atoms with E-state index in [0.717, 1.165) is 6.54 Å². The van der Waals surface area contributed by atoms with E-state index in [0.29, 0.717) is 13.0 Å².